The van der Waals surface area contributed by atoms with Crippen molar-refractivity contribution in [2.45, 2.75) is 71.4 Å². The minimum atomic E-state index is 0.534. The van der Waals surface area contributed by atoms with Crippen LogP contribution in [-0.4, -0.2) is 36.6 Å². The molecule has 1 aliphatic heterocycles. The van der Waals surface area contributed by atoms with Crippen LogP contribution in [0.2, 0.25) is 0 Å². The second kappa shape index (κ2) is 5.71. The minimum absolute atomic E-state index is 0.534. The molecule has 0 radical (unpaired) electrons. The summed E-state index contributed by atoms with van der Waals surface area (Å²) in [6.07, 6.45) is 8.32. The highest BCUT2D eigenvalue weighted by Gasteiger charge is 2.40. The number of nitrogens with zero attached hydrogens (tertiary/aromatic N) is 1. The van der Waals surface area contributed by atoms with Gasteiger partial charge in [0.05, 0.1) is 0 Å². The summed E-state index contributed by atoms with van der Waals surface area (Å²) < 4.78 is 0. The molecule has 0 aromatic heterocycles. The van der Waals surface area contributed by atoms with Crippen molar-refractivity contribution in [2.75, 3.05) is 19.6 Å². The fraction of sp³-hybridized carbons (Fsp3) is 1.00. The van der Waals surface area contributed by atoms with Gasteiger partial charge in [-0.1, -0.05) is 27.2 Å². The van der Waals surface area contributed by atoms with Gasteiger partial charge in [0.15, 0.2) is 0 Å². The van der Waals surface area contributed by atoms with Crippen LogP contribution < -0.4 is 5.32 Å². The Morgan fingerprint density at radius 2 is 2.06 bits per heavy atom. The zero-order valence-electron chi connectivity index (χ0n) is 12.0. The van der Waals surface area contributed by atoms with Crippen LogP contribution in [0.4, 0.5) is 0 Å². The van der Waals surface area contributed by atoms with E-state index < -0.39 is 0 Å². The lowest BCUT2D eigenvalue weighted by Crippen LogP contribution is -2.53. The molecule has 2 unspecified atom stereocenters. The van der Waals surface area contributed by atoms with E-state index in [0.29, 0.717) is 5.41 Å². The Hall–Kier alpha value is -0.0800. The largest absolute Gasteiger partial charge is 0.315 e. The lowest BCUT2D eigenvalue weighted by atomic mass is 9.85. The zero-order valence-corrected chi connectivity index (χ0v) is 12.0. The standard InChI is InChI=1S/C15H30N2/c1-4-11-17(13-7-6-10-16-12-13)14-8-5-9-15(14,2)3/h13-14,16H,4-12H2,1-3H3. The molecule has 0 aromatic rings. The molecule has 0 amide bonds. The smallest absolute Gasteiger partial charge is 0.0224 e. The van der Waals surface area contributed by atoms with E-state index in [0.717, 1.165) is 12.1 Å². The predicted octanol–water partition coefficient (Wildman–Crippen LogP) is 3.03. The highest BCUT2D eigenvalue weighted by Crippen LogP contribution is 2.41. The van der Waals surface area contributed by atoms with E-state index in [2.05, 4.69) is 31.0 Å². The molecule has 1 heterocycles. The maximum absolute atomic E-state index is 3.58. The van der Waals surface area contributed by atoms with E-state index in [9.17, 15) is 0 Å². The molecule has 2 aliphatic rings. The first-order valence-electron chi connectivity index (χ1n) is 7.61. The Balaban J connectivity index is 2.04. The van der Waals surface area contributed by atoms with Crippen LogP contribution in [0.15, 0.2) is 0 Å². The summed E-state index contributed by atoms with van der Waals surface area (Å²) in [5.74, 6) is 0. The van der Waals surface area contributed by atoms with E-state index in [1.807, 2.05) is 0 Å². The summed E-state index contributed by atoms with van der Waals surface area (Å²) >= 11 is 0. The topological polar surface area (TPSA) is 15.3 Å². The summed E-state index contributed by atoms with van der Waals surface area (Å²) in [7, 11) is 0. The summed E-state index contributed by atoms with van der Waals surface area (Å²) in [5, 5.41) is 3.58. The molecule has 1 saturated carbocycles. The summed E-state index contributed by atoms with van der Waals surface area (Å²) in [6, 6.07) is 1.62. The van der Waals surface area contributed by atoms with Gasteiger partial charge in [-0.15, -0.1) is 0 Å². The van der Waals surface area contributed by atoms with Crippen LogP contribution in [0.1, 0.15) is 59.3 Å². The van der Waals surface area contributed by atoms with Crippen LogP contribution in [0.3, 0.4) is 0 Å². The van der Waals surface area contributed by atoms with Crippen LogP contribution in [0.25, 0.3) is 0 Å². The summed E-state index contributed by atoms with van der Waals surface area (Å²) in [6.45, 7) is 11.0. The van der Waals surface area contributed by atoms with Crippen molar-refractivity contribution in [1.29, 1.82) is 0 Å². The van der Waals surface area contributed by atoms with Crippen molar-refractivity contribution in [1.82, 2.24) is 10.2 Å². The first-order valence-corrected chi connectivity index (χ1v) is 7.61. The molecule has 100 valence electrons. The Bertz CT molecular complexity index is 231. The third-order valence-electron chi connectivity index (χ3n) is 4.82. The normalized spacial score (nSPS) is 33.2. The molecular formula is C15H30N2. The maximum Gasteiger partial charge on any atom is 0.0224 e. The number of hydrogen-bond acceptors (Lipinski definition) is 2. The van der Waals surface area contributed by atoms with Crippen LogP contribution in [-0.2, 0) is 0 Å². The first kappa shape index (κ1) is 13.4. The van der Waals surface area contributed by atoms with Crippen LogP contribution >= 0.6 is 0 Å². The molecule has 1 saturated heterocycles. The molecule has 2 nitrogen and oxygen atoms in total. The third kappa shape index (κ3) is 3.03. The van der Waals surface area contributed by atoms with E-state index in [1.165, 1.54) is 58.2 Å². The van der Waals surface area contributed by atoms with Crippen LogP contribution in [0, 0.1) is 5.41 Å². The lowest BCUT2D eigenvalue weighted by molar-refractivity contribution is 0.0573. The number of nitrogens with one attached hydrogen (secondary N) is 1. The molecule has 2 fully saturated rings. The van der Waals surface area contributed by atoms with Gasteiger partial charge < -0.3 is 5.32 Å². The summed E-state index contributed by atoms with van der Waals surface area (Å²) in [5.41, 5.74) is 0.534. The van der Waals surface area contributed by atoms with E-state index >= 15 is 0 Å². The first-order chi connectivity index (χ1) is 8.15. The molecule has 0 aromatic carbocycles. The second-order valence-electron chi connectivity index (χ2n) is 6.63. The van der Waals surface area contributed by atoms with Crippen LogP contribution in [0.5, 0.6) is 0 Å². The van der Waals surface area contributed by atoms with Gasteiger partial charge in [-0.2, -0.15) is 0 Å². The quantitative estimate of drug-likeness (QED) is 0.810. The van der Waals surface area contributed by atoms with Gasteiger partial charge in [-0.25, -0.2) is 0 Å². The van der Waals surface area contributed by atoms with Gasteiger partial charge in [0.1, 0.15) is 0 Å². The molecule has 2 atom stereocenters. The van der Waals surface area contributed by atoms with E-state index in [4.69, 9.17) is 0 Å². The Morgan fingerprint density at radius 1 is 1.24 bits per heavy atom. The number of hydrogen-bond donors (Lipinski definition) is 1. The van der Waals surface area contributed by atoms with Crippen molar-refractivity contribution in [3.8, 4) is 0 Å². The van der Waals surface area contributed by atoms with Gasteiger partial charge in [0.25, 0.3) is 0 Å². The van der Waals surface area contributed by atoms with Crippen molar-refractivity contribution in [3.63, 3.8) is 0 Å². The van der Waals surface area contributed by atoms with Crippen molar-refractivity contribution >= 4 is 0 Å². The fourth-order valence-corrected chi connectivity index (χ4v) is 3.89. The highest BCUT2D eigenvalue weighted by molar-refractivity contribution is 4.95. The van der Waals surface area contributed by atoms with Gasteiger partial charge in [-0.05, 0) is 50.6 Å². The Labute approximate surface area is 107 Å². The number of piperidine rings is 1. The maximum atomic E-state index is 3.58. The van der Waals surface area contributed by atoms with Crippen molar-refractivity contribution in [3.05, 3.63) is 0 Å². The fourth-order valence-electron chi connectivity index (χ4n) is 3.89. The van der Waals surface area contributed by atoms with Crippen molar-refractivity contribution < 1.29 is 0 Å². The molecule has 1 N–H and O–H groups in total. The molecule has 2 rings (SSSR count). The molecule has 0 spiro atoms. The van der Waals surface area contributed by atoms with Gasteiger partial charge >= 0.3 is 0 Å². The van der Waals surface area contributed by atoms with E-state index in [1.54, 1.807) is 0 Å². The van der Waals surface area contributed by atoms with Gasteiger partial charge in [0, 0.05) is 18.6 Å². The lowest BCUT2D eigenvalue weighted by Gasteiger charge is -2.44. The second-order valence-corrected chi connectivity index (χ2v) is 6.63. The average Bonchev–Trinajstić information content (AvgIpc) is 2.67. The predicted molar refractivity (Wildman–Crippen MR) is 74.3 cm³/mol. The minimum Gasteiger partial charge on any atom is -0.315 e. The SMILES string of the molecule is CCCN(C1CCCNC1)C1CCCC1(C)C. The molecule has 17 heavy (non-hydrogen) atoms. The average molecular weight is 238 g/mol. The third-order valence-corrected chi connectivity index (χ3v) is 4.82. The highest BCUT2D eigenvalue weighted by atomic mass is 15.2. The summed E-state index contributed by atoms with van der Waals surface area (Å²) in [4.78, 5) is 2.85. The van der Waals surface area contributed by atoms with Gasteiger partial charge in [0.2, 0.25) is 0 Å². The zero-order chi connectivity index (χ0) is 12.3. The van der Waals surface area contributed by atoms with E-state index in [-0.39, 0.29) is 0 Å². The van der Waals surface area contributed by atoms with Crippen molar-refractivity contribution in [2.24, 2.45) is 5.41 Å². The monoisotopic (exact) mass is 238 g/mol. The molecule has 1 aliphatic carbocycles. The molecule has 0 bridgehead atoms. The Kier molecular flexibility index (Phi) is 4.48. The van der Waals surface area contributed by atoms with Gasteiger partial charge in [-0.3, -0.25) is 4.90 Å². The molecule has 2 heteroatoms. The molecular weight excluding hydrogens is 208 g/mol. The Morgan fingerprint density at radius 3 is 2.59 bits per heavy atom. The number of rotatable bonds is 4.